The van der Waals surface area contributed by atoms with E-state index in [2.05, 4.69) is 47.0 Å². The van der Waals surface area contributed by atoms with Gasteiger partial charge in [-0.25, -0.2) is 9.59 Å². The van der Waals surface area contributed by atoms with Crippen LogP contribution in [0, 0.1) is 0 Å². The highest BCUT2D eigenvalue weighted by atomic mass is 35.5. The molecule has 0 heterocycles. The summed E-state index contributed by atoms with van der Waals surface area (Å²) in [6.45, 7) is 2.06. The van der Waals surface area contributed by atoms with E-state index in [4.69, 9.17) is 31.4 Å². The van der Waals surface area contributed by atoms with Gasteiger partial charge in [-0.3, -0.25) is 4.79 Å². The lowest BCUT2D eigenvalue weighted by atomic mass is 10.0. The summed E-state index contributed by atoms with van der Waals surface area (Å²) < 4.78 is 0. The molecule has 3 aromatic rings. The van der Waals surface area contributed by atoms with Crippen molar-refractivity contribution < 1.29 is 24.6 Å². The van der Waals surface area contributed by atoms with Crippen molar-refractivity contribution in [3.8, 4) is 0 Å². The largest absolute Gasteiger partial charge is 0.473 e. The van der Waals surface area contributed by atoms with Gasteiger partial charge in [-0.15, -0.1) is 0 Å². The van der Waals surface area contributed by atoms with Crippen LogP contribution in [-0.2, 0) is 16.1 Å². The number of carbonyl (C=O) groups excluding carboxylic acids is 1. The average molecular weight is 429 g/mol. The lowest BCUT2D eigenvalue weighted by Crippen LogP contribution is -2.31. The smallest absolute Gasteiger partial charge is 0.414 e. The first-order chi connectivity index (χ1) is 14.4. The van der Waals surface area contributed by atoms with Gasteiger partial charge in [-0.1, -0.05) is 54.1 Å². The molecule has 3 aromatic carbocycles. The maximum atomic E-state index is 12.0. The number of halogens is 1. The van der Waals surface area contributed by atoms with Crippen LogP contribution in [0.15, 0.2) is 66.7 Å². The second-order valence-electron chi connectivity index (χ2n) is 6.19. The Hall–Kier alpha value is -3.42. The predicted octanol–water partition coefficient (Wildman–Crippen LogP) is 3.17. The minimum atomic E-state index is -1.82. The molecule has 1 amide bonds. The molecule has 0 aliphatic rings. The van der Waals surface area contributed by atoms with Gasteiger partial charge in [0.05, 0.1) is 0 Å². The van der Waals surface area contributed by atoms with E-state index in [0.717, 1.165) is 6.54 Å². The zero-order chi connectivity index (χ0) is 21.9. The number of hydrogen-bond acceptors (Lipinski definition) is 4. The molecule has 4 N–H and O–H groups in total. The van der Waals surface area contributed by atoms with Gasteiger partial charge < -0.3 is 20.8 Å². The SMILES string of the molecule is O=C(NCCNCc1cccc2ccccc12)c1ccc(Cl)cc1.O=C(O)C(=O)O. The van der Waals surface area contributed by atoms with Crippen molar-refractivity contribution >= 4 is 40.2 Å². The van der Waals surface area contributed by atoms with Crippen LogP contribution in [0.25, 0.3) is 10.8 Å². The Balaban J connectivity index is 0.000000469. The van der Waals surface area contributed by atoms with Crippen LogP contribution in [-0.4, -0.2) is 41.1 Å². The van der Waals surface area contributed by atoms with Crippen molar-refractivity contribution in [2.75, 3.05) is 13.1 Å². The number of amides is 1. The van der Waals surface area contributed by atoms with Crippen LogP contribution < -0.4 is 10.6 Å². The lowest BCUT2D eigenvalue weighted by molar-refractivity contribution is -0.159. The molecule has 3 rings (SSSR count). The fraction of sp³-hybridized carbons (Fsp3) is 0.136. The first-order valence-corrected chi connectivity index (χ1v) is 9.43. The molecule has 7 nitrogen and oxygen atoms in total. The van der Waals surface area contributed by atoms with Gasteiger partial charge in [-0.2, -0.15) is 0 Å². The lowest BCUT2D eigenvalue weighted by Gasteiger charge is -2.09. The van der Waals surface area contributed by atoms with Gasteiger partial charge in [0.25, 0.3) is 5.91 Å². The molecule has 0 aliphatic heterocycles. The van der Waals surface area contributed by atoms with Crippen molar-refractivity contribution in [2.24, 2.45) is 0 Å². The van der Waals surface area contributed by atoms with E-state index < -0.39 is 11.9 Å². The number of carboxylic acids is 2. The zero-order valence-corrected chi connectivity index (χ0v) is 16.7. The molecule has 0 bridgehead atoms. The van der Waals surface area contributed by atoms with Gasteiger partial charge in [0.2, 0.25) is 0 Å². The fourth-order valence-corrected chi connectivity index (χ4v) is 2.76. The topological polar surface area (TPSA) is 116 Å². The summed E-state index contributed by atoms with van der Waals surface area (Å²) in [7, 11) is 0. The molecule has 0 spiro atoms. The fourth-order valence-electron chi connectivity index (χ4n) is 2.64. The van der Waals surface area contributed by atoms with Crippen LogP contribution >= 0.6 is 11.6 Å². The molecule has 0 saturated heterocycles. The summed E-state index contributed by atoms with van der Waals surface area (Å²) in [6, 6.07) is 21.5. The summed E-state index contributed by atoms with van der Waals surface area (Å²) in [6.07, 6.45) is 0. The van der Waals surface area contributed by atoms with Crippen LogP contribution in [0.3, 0.4) is 0 Å². The summed E-state index contributed by atoms with van der Waals surface area (Å²) in [5, 5.41) is 24.2. The quantitative estimate of drug-likeness (QED) is 0.354. The summed E-state index contributed by atoms with van der Waals surface area (Å²) >= 11 is 5.82. The number of nitrogens with one attached hydrogen (secondary N) is 2. The van der Waals surface area contributed by atoms with Gasteiger partial charge in [0.15, 0.2) is 0 Å². The monoisotopic (exact) mass is 428 g/mol. The minimum Gasteiger partial charge on any atom is -0.473 e. The standard InChI is InChI=1S/C20H19ClN2O.C2H2O4/c21-18-10-8-16(9-11-18)20(24)23-13-12-22-14-17-6-3-5-15-4-1-2-7-19(15)17;3-1(4)2(5)6/h1-11,22H,12-14H2,(H,23,24);(H,3,4)(H,5,6). The van der Waals surface area contributed by atoms with Crippen molar-refractivity contribution in [1.82, 2.24) is 10.6 Å². The highest BCUT2D eigenvalue weighted by molar-refractivity contribution is 6.30. The Morgan fingerprint density at radius 2 is 1.43 bits per heavy atom. The van der Waals surface area contributed by atoms with E-state index in [1.807, 2.05) is 6.07 Å². The van der Waals surface area contributed by atoms with Crippen LogP contribution in [0.2, 0.25) is 5.02 Å². The van der Waals surface area contributed by atoms with Crippen LogP contribution in [0.1, 0.15) is 15.9 Å². The number of aliphatic carboxylic acids is 2. The Morgan fingerprint density at radius 1 is 0.800 bits per heavy atom. The van der Waals surface area contributed by atoms with E-state index in [-0.39, 0.29) is 5.91 Å². The number of fused-ring (bicyclic) bond motifs is 1. The molecule has 156 valence electrons. The second kappa shape index (κ2) is 11.5. The molecule has 0 radical (unpaired) electrons. The Bertz CT molecular complexity index is 1000. The van der Waals surface area contributed by atoms with Crippen molar-refractivity contribution in [2.45, 2.75) is 6.54 Å². The molecule has 0 aliphatic carbocycles. The third-order valence-corrected chi connectivity index (χ3v) is 4.32. The van der Waals surface area contributed by atoms with Gasteiger partial charge >= 0.3 is 11.9 Å². The molecular weight excluding hydrogens is 408 g/mol. The highest BCUT2D eigenvalue weighted by Crippen LogP contribution is 2.18. The van der Waals surface area contributed by atoms with Crippen molar-refractivity contribution in [3.63, 3.8) is 0 Å². The number of benzene rings is 3. The third kappa shape index (κ3) is 7.20. The maximum Gasteiger partial charge on any atom is 0.414 e. The van der Waals surface area contributed by atoms with E-state index in [9.17, 15) is 4.79 Å². The number of carboxylic acid groups (broad SMARTS) is 2. The number of carbonyl (C=O) groups is 3. The summed E-state index contributed by atoms with van der Waals surface area (Å²) in [5.74, 6) is -3.73. The second-order valence-corrected chi connectivity index (χ2v) is 6.62. The molecule has 0 saturated carbocycles. The van der Waals surface area contributed by atoms with E-state index >= 15 is 0 Å². The molecular formula is C22H21ClN2O5. The van der Waals surface area contributed by atoms with Crippen molar-refractivity contribution in [3.05, 3.63) is 82.9 Å². The minimum absolute atomic E-state index is 0.0846. The molecule has 0 atom stereocenters. The maximum absolute atomic E-state index is 12.0. The molecule has 0 fully saturated rings. The molecule has 0 aromatic heterocycles. The van der Waals surface area contributed by atoms with Crippen LogP contribution in [0.5, 0.6) is 0 Å². The van der Waals surface area contributed by atoms with E-state index in [0.29, 0.717) is 23.7 Å². The summed E-state index contributed by atoms with van der Waals surface area (Å²) in [5.41, 5.74) is 1.88. The van der Waals surface area contributed by atoms with Gasteiger partial charge in [0.1, 0.15) is 0 Å². The van der Waals surface area contributed by atoms with Gasteiger partial charge in [0, 0.05) is 30.2 Å². The number of hydrogen-bond donors (Lipinski definition) is 4. The van der Waals surface area contributed by atoms with Crippen molar-refractivity contribution in [1.29, 1.82) is 0 Å². The molecule has 0 unspecified atom stereocenters. The third-order valence-electron chi connectivity index (χ3n) is 4.07. The number of rotatable bonds is 6. The molecule has 8 heteroatoms. The molecule has 30 heavy (non-hydrogen) atoms. The average Bonchev–Trinajstić information content (AvgIpc) is 2.74. The predicted molar refractivity (Wildman–Crippen MR) is 115 cm³/mol. The normalized spacial score (nSPS) is 10.0. The zero-order valence-electron chi connectivity index (χ0n) is 16.0. The van der Waals surface area contributed by atoms with E-state index in [1.54, 1.807) is 24.3 Å². The first kappa shape index (κ1) is 22.9. The summed E-state index contributed by atoms with van der Waals surface area (Å²) in [4.78, 5) is 30.2. The van der Waals surface area contributed by atoms with E-state index in [1.165, 1.54) is 16.3 Å². The Kier molecular flexibility index (Phi) is 8.80. The first-order valence-electron chi connectivity index (χ1n) is 9.06. The Labute approximate surface area is 178 Å². The van der Waals surface area contributed by atoms with Crippen LogP contribution in [0.4, 0.5) is 0 Å². The highest BCUT2D eigenvalue weighted by Gasteiger charge is 2.05. The van der Waals surface area contributed by atoms with Gasteiger partial charge in [-0.05, 0) is 40.6 Å². The Morgan fingerprint density at radius 3 is 2.10 bits per heavy atom.